The lowest BCUT2D eigenvalue weighted by Gasteiger charge is -2.29. The summed E-state index contributed by atoms with van der Waals surface area (Å²) in [5.41, 5.74) is 2.80. The molecule has 6 nitrogen and oxygen atoms in total. The van der Waals surface area contributed by atoms with Crippen LogP contribution in [-0.2, 0) is 25.7 Å². The van der Waals surface area contributed by atoms with Crippen LogP contribution in [0.25, 0.3) is 0 Å². The number of carbonyl (C=O) groups excluding carboxylic acids is 2. The summed E-state index contributed by atoms with van der Waals surface area (Å²) in [6, 6.07) is 15.3. The summed E-state index contributed by atoms with van der Waals surface area (Å²) in [4.78, 5) is 23.8. The molecule has 1 aliphatic heterocycles. The minimum Gasteiger partial charge on any atom is -0.489 e. The number of anilines is 1. The third-order valence-corrected chi connectivity index (χ3v) is 3.88. The first-order chi connectivity index (χ1) is 12.8. The third-order valence-electron chi connectivity index (χ3n) is 3.88. The predicted molar refractivity (Wildman–Crippen MR) is 99.9 cm³/mol. The highest BCUT2D eigenvalue weighted by atomic mass is 16.7. The molecule has 0 aliphatic carbocycles. The predicted octanol–water partition coefficient (Wildman–Crippen LogP) is 3.71. The zero-order valence-electron chi connectivity index (χ0n) is 15.4. The second kappa shape index (κ2) is 7.53. The standard InChI is InChI=1S/C21H21NO5/c1-14-4-6-15(7-5-14)13-25-17-10-8-16(9-11-17)22-12-18-19(23)26-21(2,3)27-20(18)24/h4-12,22H,13H2,1-3H3. The average Bonchev–Trinajstić information content (AvgIpc) is 2.60. The highest BCUT2D eigenvalue weighted by Crippen LogP contribution is 2.23. The van der Waals surface area contributed by atoms with Crippen molar-refractivity contribution in [2.75, 3.05) is 5.32 Å². The lowest BCUT2D eigenvalue weighted by Crippen LogP contribution is -2.42. The molecule has 1 fully saturated rings. The van der Waals surface area contributed by atoms with Crippen LogP contribution < -0.4 is 10.1 Å². The van der Waals surface area contributed by atoms with Gasteiger partial charge in [0.05, 0.1) is 0 Å². The fourth-order valence-corrected chi connectivity index (χ4v) is 2.43. The first kappa shape index (κ1) is 18.5. The molecule has 0 aromatic heterocycles. The molecular weight excluding hydrogens is 346 g/mol. The second-order valence-corrected chi connectivity index (χ2v) is 6.68. The van der Waals surface area contributed by atoms with E-state index in [1.807, 2.05) is 31.2 Å². The summed E-state index contributed by atoms with van der Waals surface area (Å²) in [6.45, 7) is 5.52. The third kappa shape index (κ3) is 4.88. The molecule has 0 spiro atoms. The number of esters is 2. The second-order valence-electron chi connectivity index (χ2n) is 6.68. The van der Waals surface area contributed by atoms with Crippen molar-refractivity contribution in [3.05, 3.63) is 71.4 Å². The van der Waals surface area contributed by atoms with E-state index in [-0.39, 0.29) is 5.57 Å². The average molecular weight is 367 g/mol. The quantitative estimate of drug-likeness (QED) is 0.493. The number of benzene rings is 2. The van der Waals surface area contributed by atoms with Crippen LogP contribution in [0.4, 0.5) is 5.69 Å². The number of ether oxygens (including phenoxy) is 3. The van der Waals surface area contributed by atoms with Crippen molar-refractivity contribution in [1.29, 1.82) is 0 Å². The van der Waals surface area contributed by atoms with Crippen molar-refractivity contribution in [2.45, 2.75) is 33.2 Å². The van der Waals surface area contributed by atoms with Crippen molar-refractivity contribution in [2.24, 2.45) is 0 Å². The molecule has 3 rings (SSSR count). The normalized spacial score (nSPS) is 15.6. The van der Waals surface area contributed by atoms with Crippen molar-refractivity contribution < 1.29 is 23.8 Å². The molecule has 6 heteroatoms. The van der Waals surface area contributed by atoms with Crippen LogP contribution in [0, 0.1) is 6.92 Å². The number of cyclic esters (lactones) is 2. The molecule has 1 saturated heterocycles. The SMILES string of the molecule is Cc1ccc(COc2ccc(NC=C3C(=O)OC(C)(C)OC3=O)cc2)cc1. The Morgan fingerprint density at radius 1 is 0.963 bits per heavy atom. The van der Waals surface area contributed by atoms with Crippen molar-refractivity contribution >= 4 is 17.6 Å². The Kier molecular flexibility index (Phi) is 5.16. The van der Waals surface area contributed by atoms with Gasteiger partial charge in [0.2, 0.25) is 0 Å². The van der Waals surface area contributed by atoms with Gasteiger partial charge in [0.15, 0.2) is 5.57 Å². The van der Waals surface area contributed by atoms with E-state index >= 15 is 0 Å². The molecule has 0 unspecified atom stereocenters. The lowest BCUT2D eigenvalue weighted by atomic mass is 10.2. The van der Waals surface area contributed by atoms with E-state index in [0.29, 0.717) is 18.0 Å². The molecule has 1 aliphatic rings. The Morgan fingerprint density at radius 2 is 1.56 bits per heavy atom. The van der Waals surface area contributed by atoms with Crippen molar-refractivity contribution in [3.8, 4) is 5.75 Å². The summed E-state index contributed by atoms with van der Waals surface area (Å²) < 4.78 is 15.8. The largest absolute Gasteiger partial charge is 0.489 e. The Labute approximate surface area is 157 Å². The van der Waals surface area contributed by atoms with E-state index in [1.165, 1.54) is 25.6 Å². The first-order valence-corrected chi connectivity index (χ1v) is 8.54. The van der Waals surface area contributed by atoms with E-state index in [2.05, 4.69) is 5.32 Å². The zero-order chi connectivity index (χ0) is 19.4. The molecule has 0 radical (unpaired) electrons. The maximum absolute atomic E-state index is 11.9. The molecule has 2 aromatic carbocycles. The van der Waals surface area contributed by atoms with Gasteiger partial charge in [-0.05, 0) is 36.8 Å². The summed E-state index contributed by atoms with van der Waals surface area (Å²) in [7, 11) is 0. The van der Waals surface area contributed by atoms with Gasteiger partial charge in [-0.25, -0.2) is 9.59 Å². The van der Waals surface area contributed by atoms with Gasteiger partial charge in [-0.1, -0.05) is 29.8 Å². The van der Waals surface area contributed by atoms with Crippen molar-refractivity contribution in [1.82, 2.24) is 0 Å². The summed E-state index contributed by atoms with van der Waals surface area (Å²) in [6.07, 6.45) is 1.28. The van der Waals surface area contributed by atoms with Crippen LogP contribution in [0.3, 0.4) is 0 Å². The molecule has 1 N–H and O–H groups in total. The Balaban J connectivity index is 1.58. The lowest BCUT2D eigenvalue weighted by molar-refractivity contribution is -0.222. The topological polar surface area (TPSA) is 73.9 Å². The summed E-state index contributed by atoms with van der Waals surface area (Å²) >= 11 is 0. The molecule has 1 heterocycles. The van der Waals surface area contributed by atoms with Gasteiger partial charge >= 0.3 is 11.9 Å². The smallest absolute Gasteiger partial charge is 0.350 e. The maximum atomic E-state index is 11.9. The van der Waals surface area contributed by atoms with E-state index < -0.39 is 17.7 Å². The molecule has 140 valence electrons. The van der Waals surface area contributed by atoms with Crippen LogP contribution >= 0.6 is 0 Å². The van der Waals surface area contributed by atoms with Gasteiger partial charge in [-0.3, -0.25) is 0 Å². The minimum atomic E-state index is -1.25. The molecule has 27 heavy (non-hydrogen) atoms. The van der Waals surface area contributed by atoms with Gasteiger partial charge < -0.3 is 19.5 Å². The van der Waals surface area contributed by atoms with Gasteiger partial charge in [0, 0.05) is 25.7 Å². The van der Waals surface area contributed by atoms with Gasteiger partial charge in [-0.15, -0.1) is 0 Å². The molecule has 0 bridgehead atoms. The van der Waals surface area contributed by atoms with E-state index in [1.54, 1.807) is 24.3 Å². The minimum absolute atomic E-state index is 0.186. The number of nitrogens with one attached hydrogen (secondary N) is 1. The Bertz CT molecular complexity index is 844. The van der Waals surface area contributed by atoms with Gasteiger partial charge in [0.25, 0.3) is 5.79 Å². The molecule has 0 saturated carbocycles. The number of carbonyl (C=O) groups is 2. The van der Waals surface area contributed by atoms with Gasteiger partial charge in [-0.2, -0.15) is 0 Å². The van der Waals surface area contributed by atoms with Gasteiger partial charge in [0.1, 0.15) is 12.4 Å². The zero-order valence-corrected chi connectivity index (χ0v) is 15.4. The van der Waals surface area contributed by atoms with Crippen LogP contribution in [-0.4, -0.2) is 17.7 Å². The summed E-state index contributed by atoms with van der Waals surface area (Å²) in [5, 5.41) is 2.89. The molecule has 0 amide bonds. The number of rotatable bonds is 5. The van der Waals surface area contributed by atoms with E-state index in [0.717, 1.165) is 5.56 Å². The first-order valence-electron chi connectivity index (χ1n) is 8.54. The highest BCUT2D eigenvalue weighted by Gasteiger charge is 2.38. The fourth-order valence-electron chi connectivity index (χ4n) is 2.43. The van der Waals surface area contributed by atoms with Crippen LogP contribution in [0.1, 0.15) is 25.0 Å². The number of hydrogen-bond donors (Lipinski definition) is 1. The maximum Gasteiger partial charge on any atom is 0.350 e. The molecule has 2 aromatic rings. The highest BCUT2D eigenvalue weighted by molar-refractivity contribution is 6.15. The monoisotopic (exact) mass is 367 g/mol. The number of aryl methyl sites for hydroxylation is 1. The Morgan fingerprint density at radius 3 is 2.15 bits per heavy atom. The number of hydrogen-bond acceptors (Lipinski definition) is 6. The van der Waals surface area contributed by atoms with Crippen molar-refractivity contribution in [3.63, 3.8) is 0 Å². The van der Waals surface area contributed by atoms with Crippen LogP contribution in [0.5, 0.6) is 5.75 Å². The summed E-state index contributed by atoms with van der Waals surface area (Å²) in [5.74, 6) is -1.97. The van der Waals surface area contributed by atoms with E-state index in [4.69, 9.17) is 14.2 Å². The molecule has 0 atom stereocenters. The van der Waals surface area contributed by atoms with Crippen LogP contribution in [0.15, 0.2) is 60.3 Å². The van der Waals surface area contributed by atoms with E-state index in [9.17, 15) is 9.59 Å². The molecular formula is C21H21NO5. The Hall–Kier alpha value is -3.28. The fraction of sp³-hybridized carbons (Fsp3) is 0.238. The van der Waals surface area contributed by atoms with Crippen LogP contribution in [0.2, 0.25) is 0 Å².